The highest BCUT2D eigenvalue weighted by Gasteiger charge is 2.36. The van der Waals surface area contributed by atoms with Gasteiger partial charge in [0.25, 0.3) is 0 Å². The first-order valence-electron chi connectivity index (χ1n) is 15.1. The Hall–Kier alpha value is -2.86. The fourth-order valence-electron chi connectivity index (χ4n) is 5.25. The van der Waals surface area contributed by atoms with Gasteiger partial charge in [-0.2, -0.15) is 0 Å². The molecule has 1 unspecified atom stereocenters. The maximum Gasteiger partial charge on any atom is 0.338 e. The number of ether oxygens (including phenoxy) is 1. The maximum absolute atomic E-state index is 13.8. The molecule has 1 aromatic heterocycles. The minimum absolute atomic E-state index is 0.0611. The van der Waals surface area contributed by atoms with Crippen LogP contribution in [0.25, 0.3) is 0 Å². The average molecular weight is 650 g/mol. The van der Waals surface area contributed by atoms with Crippen LogP contribution in [0.2, 0.25) is 5.02 Å². The maximum atomic E-state index is 13.8. The van der Waals surface area contributed by atoms with Crippen molar-refractivity contribution < 1.29 is 23.8 Å². The summed E-state index contributed by atoms with van der Waals surface area (Å²) < 4.78 is 18.9. The fourth-order valence-corrected chi connectivity index (χ4v) is 6.11. The molecule has 44 heavy (non-hydrogen) atoms. The van der Waals surface area contributed by atoms with E-state index in [4.69, 9.17) is 26.4 Å². The minimum atomic E-state index is -0.800. The van der Waals surface area contributed by atoms with E-state index in [0.717, 1.165) is 12.8 Å². The van der Waals surface area contributed by atoms with Gasteiger partial charge in [-0.1, -0.05) is 58.2 Å². The molecule has 2 aromatic rings. The zero-order chi connectivity index (χ0) is 32.4. The Kier molecular flexibility index (Phi) is 13.3. The van der Waals surface area contributed by atoms with Crippen LogP contribution in [0.3, 0.4) is 0 Å². The highest BCUT2D eigenvalue weighted by molar-refractivity contribution is 7.11. The predicted octanol–water partition coefficient (Wildman–Crippen LogP) is 5.59. The van der Waals surface area contributed by atoms with Crippen molar-refractivity contribution in [3.05, 3.63) is 62.5 Å². The number of methoxy groups -OCH3 is 1. The van der Waals surface area contributed by atoms with Gasteiger partial charge >= 0.3 is 5.97 Å². The lowest BCUT2D eigenvalue weighted by atomic mass is 9.88. The quantitative estimate of drug-likeness (QED) is 0.323. The van der Waals surface area contributed by atoms with Crippen LogP contribution in [0.4, 0.5) is 4.39 Å². The number of halogens is 2. The van der Waals surface area contributed by atoms with Crippen molar-refractivity contribution in [3.63, 3.8) is 0 Å². The smallest absolute Gasteiger partial charge is 0.338 e. The SMILES string of the molecule is CCC1CN(CC2=C(C(=O)OC)[C@H](c3ccc(F)cc3Cl)N=C(c3nccs3)N2)CCN1C(C)=O.CCCCC(C)(C)CO. The van der Waals surface area contributed by atoms with Crippen molar-refractivity contribution in [1.82, 2.24) is 20.1 Å². The molecule has 242 valence electrons. The van der Waals surface area contributed by atoms with Gasteiger partial charge in [0, 0.05) is 73.6 Å². The van der Waals surface area contributed by atoms with Gasteiger partial charge in [-0.15, -0.1) is 11.3 Å². The highest BCUT2D eigenvalue weighted by atomic mass is 35.5. The molecule has 0 spiro atoms. The summed E-state index contributed by atoms with van der Waals surface area (Å²) in [6.45, 7) is 12.7. The molecule has 4 rings (SSSR count). The lowest BCUT2D eigenvalue weighted by molar-refractivity contribution is -0.136. The van der Waals surface area contributed by atoms with Crippen LogP contribution in [0.1, 0.15) is 76.9 Å². The number of carbonyl (C=O) groups excluding carboxylic acids is 2. The number of nitrogens with one attached hydrogen (secondary N) is 1. The second-order valence-electron chi connectivity index (χ2n) is 11.8. The molecule has 2 aliphatic heterocycles. The van der Waals surface area contributed by atoms with Gasteiger partial charge in [-0.25, -0.2) is 14.2 Å². The Morgan fingerprint density at radius 3 is 2.59 bits per heavy atom. The summed E-state index contributed by atoms with van der Waals surface area (Å²) in [4.78, 5) is 38.3. The number of amides is 1. The number of aliphatic hydroxyl groups is 1. The van der Waals surface area contributed by atoms with E-state index in [1.54, 1.807) is 13.1 Å². The van der Waals surface area contributed by atoms with Crippen LogP contribution >= 0.6 is 22.9 Å². The number of rotatable bonds is 10. The molecular weight excluding hydrogens is 605 g/mol. The van der Waals surface area contributed by atoms with E-state index in [2.05, 4.69) is 42.9 Å². The number of esters is 1. The van der Waals surface area contributed by atoms with E-state index in [1.807, 2.05) is 10.3 Å². The molecule has 1 fully saturated rings. The van der Waals surface area contributed by atoms with E-state index in [1.165, 1.54) is 49.5 Å². The Labute approximate surface area is 269 Å². The van der Waals surface area contributed by atoms with Gasteiger partial charge in [0.2, 0.25) is 5.91 Å². The third-order valence-corrected chi connectivity index (χ3v) is 8.99. The molecule has 1 saturated heterocycles. The molecule has 0 aliphatic carbocycles. The van der Waals surface area contributed by atoms with Crippen molar-refractivity contribution in [2.24, 2.45) is 10.4 Å². The number of thiazole rings is 1. The average Bonchev–Trinajstić information content (AvgIpc) is 3.55. The first-order valence-corrected chi connectivity index (χ1v) is 16.3. The molecule has 3 heterocycles. The van der Waals surface area contributed by atoms with Gasteiger partial charge in [0.15, 0.2) is 10.8 Å². The van der Waals surface area contributed by atoms with Crippen LogP contribution in [-0.2, 0) is 14.3 Å². The van der Waals surface area contributed by atoms with Crippen molar-refractivity contribution in [1.29, 1.82) is 0 Å². The van der Waals surface area contributed by atoms with Crippen LogP contribution in [-0.4, -0.2) is 83.5 Å². The topological polar surface area (TPSA) is 107 Å². The summed E-state index contributed by atoms with van der Waals surface area (Å²) in [5, 5.41) is 14.8. The standard InChI is InChI=1S/C24H27ClFN5O3S.C8H18O/c1-4-16-12-30(8-9-31(16)14(2)32)13-19-20(24(33)34-3)21(17-6-5-15(26)11-18(17)25)29-22(28-19)23-27-7-10-35-23;1-4-5-6-8(2,3)7-9/h5-7,10-11,16,21H,4,8-9,12-13H2,1-3H3,(H,28,29);9H,4-7H2,1-3H3/t16?,21-;/m0./s1. The number of hydrogen-bond acceptors (Lipinski definition) is 9. The number of unbranched alkanes of at least 4 members (excludes halogenated alkanes) is 1. The zero-order valence-electron chi connectivity index (χ0n) is 26.5. The molecule has 2 aliphatic rings. The van der Waals surface area contributed by atoms with Crippen LogP contribution in [0.5, 0.6) is 0 Å². The van der Waals surface area contributed by atoms with Crippen LogP contribution in [0.15, 0.2) is 46.0 Å². The van der Waals surface area contributed by atoms with E-state index in [9.17, 15) is 14.0 Å². The number of piperazine rings is 1. The predicted molar refractivity (Wildman–Crippen MR) is 173 cm³/mol. The monoisotopic (exact) mass is 649 g/mol. The number of carbonyl (C=O) groups is 2. The summed E-state index contributed by atoms with van der Waals surface area (Å²) >= 11 is 7.82. The Bertz CT molecular complexity index is 1330. The molecule has 9 nitrogen and oxygen atoms in total. The largest absolute Gasteiger partial charge is 0.466 e. The number of aliphatic hydroxyl groups excluding tert-OH is 1. The summed E-state index contributed by atoms with van der Waals surface area (Å²) in [7, 11) is 1.31. The summed E-state index contributed by atoms with van der Waals surface area (Å²) in [5.41, 5.74) is 1.57. The third kappa shape index (κ3) is 9.32. The molecule has 2 N–H and O–H groups in total. The van der Waals surface area contributed by atoms with E-state index < -0.39 is 17.8 Å². The van der Waals surface area contributed by atoms with Gasteiger partial charge in [0.1, 0.15) is 11.9 Å². The summed E-state index contributed by atoms with van der Waals surface area (Å²) in [5.74, 6) is -0.461. The second kappa shape index (κ2) is 16.5. The molecule has 1 aromatic carbocycles. The molecule has 1 amide bonds. The normalized spacial score (nSPS) is 19.1. The zero-order valence-corrected chi connectivity index (χ0v) is 28.1. The Morgan fingerprint density at radius 2 is 2.02 bits per heavy atom. The number of aromatic nitrogens is 1. The van der Waals surface area contributed by atoms with E-state index >= 15 is 0 Å². The number of amidine groups is 1. The number of nitrogens with zero attached hydrogens (tertiary/aromatic N) is 4. The third-order valence-electron chi connectivity index (χ3n) is 7.88. The first kappa shape index (κ1) is 35.6. The highest BCUT2D eigenvalue weighted by Crippen LogP contribution is 2.37. The summed E-state index contributed by atoms with van der Waals surface area (Å²) in [6.07, 6.45) is 6.10. The minimum Gasteiger partial charge on any atom is -0.466 e. The van der Waals surface area contributed by atoms with E-state index in [0.29, 0.717) is 60.5 Å². The van der Waals surface area contributed by atoms with Crippen LogP contribution < -0.4 is 5.32 Å². The van der Waals surface area contributed by atoms with Crippen molar-refractivity contribution in [3.8, 4) is 0 Å². The Morgan fingerprint density at radius 1 is 1.27 bits per heavy atom. The van der Waals surface area contributed by atoms with Gasteiger partial charge in [-0.3, -0.25) is 14.7 Å². The summed E-state index contributed by atoms with van der Waals surface area (Å²) in [6, 6.07) is 3.32. The first-order chi connectivity index (χ1) is 20.9. The molecule has 2 atom stereocenters. The molecule has 0 saturated carbocycles. The molecule has 0 bridgehead atoms. The molecule has 0 radical (unpaired) electrons. The Balaban J connectivity index is 0.000000512. The van der Waals surface area contributed by atoms with Gasteiger partial charge in [0.05, 0.1) is 12.7 Å². The van der Waals surface area contributed by atoms with E-state index in [-0.39, 0.29) is 22.4 Å². The molecular formula is C32H45ClFN5O4S. The number of benzene rings is 1. The molecule has 12 heteroatoms. The van der Waals surface area contributed by atoms with Crippen LogP contribution in [0, 0.1) is 11.2 Å². The van der Waals surface area contributed by atoms with Crippen molar-refractivity contribution >= 4 is 40.6 Å². The van der Waals surface area contributed by atoms with Gasteiger partial charge in [-0.05, 0) is 30.4 Å². The van der Waals surface area contributed by atoms with Crippen molar-refractivity contribution in [2.45, 2.75) is 72.4 Å². The number of hydrogen-bond donors (Lipinski definition) is 2. The fraction of sp³-hybridized carbons (Fsp3) is 0.562. The van der Waals surface area contributed by atoms with Crippen molar-refractivity contribution in [2.75, 3.05) is 39.9 Å². The second-order valence-corrected chi connectivity index (χ2v) is 13.1. The lowest BCUT2D eigenvalue weighted by Crippen LogP contribution is -2.55. The van der Waals surface area contributed by atoms with Gasteiger partial charge < -0.3 is 20.1 Å². The lowest BCUT2D eigenvalue weighted by Gasteiger charge is -2.41. The number of aliphatic imine (C=N–C) groups is 1.